The van der Waals surface area contributed by atoms with Crippen LogP contribution in [0.4, 0.5) is 0 Å². The maximum atomic E-state index is 13.0. The second-order valence-electron chi connectivity index (χ2n) is 8.37. The Kier molecular flexibility index (Phi) is 5.79. The quantitative estimate of drug-likeness (QED) is 0.340. The van der Waals surface area contributed by atoms with Crippen molar-refractivity contribution < 1.29 is 9.59 Å². The monoisotopic (exact) mass is 444 g/mol. The summed E-state index contributed by atoms with van der Waals surface area (Å²) in [6.45, 7) is 0. The lowest BCUT2D eigenvalue weighted by molar-refractivity contribution is -0.119. The molecule has 0 aliphatic heterocycles. The van der Waals surface area contributed by atoms with Crippen LogP contribution in [-0.2, 0) is 11.2 Å². The van der Waals surface area contributed by atoms with Gasteiger partial charge in [0.15, 0.2) is 0 Å². The smallest absolute Gasteiger partial charge is 0.251 e. The van der Waals surface area contributed by atoms with Crippen LogP contribution in [0.3, 0.4) is 0 Å². The first-order chi connectivity index (χ1) is 16.6. The van der Waals surface area contributed by atoms with Gasteiger partial charge in [0.2, 0.25) is 5.91 Å². The molecule has 0 heterocycles. The predicted molar refractivity (Wildman–Crippen MR) is 137 cm³/mol. The van der Waals surface area contributed by atoms with Crippen molar-refractivity contribution in [1.82, 2.24) is 5.32 Å². The summed E-state index contributed by atoms with van der Waals surface area (Å²) >= 11 is 0. The fourth-order valence-corrected chi connectivity index (χ4v) is 4.44. The van der Waals surface area contributed by atoms with Crippen molar-refractivity contribution in [2.75, 3.05) is 0 Å². The molecule has 4 heteroatoms. The fourth-order valence-electron chi connectivity index (χ4n) is 4.44. The minimum atomic E-state index is -0.837. The minimum Gasteiger partial charge on any atom is -0.368 e. The highest BCUT2D eigenvalue weighted by Crippen LogP contribution is 2.29. The number of carbonyl (C=O) groups excluding carboxylic acids is 2. The Labute approximate surface area is 198 Å². The molecule has 0 saturated carbocycles. The van der Waals surface area contributed by atoms with Crippen molar-refractivity contribution >= 4 is 33.4 Å². The number of carbonyl (C=O) groups is 2. The Bertz CT molecular complexity index is 1440. The second-order valence-corrected chi connectivity index (χ2v) is 8.37. The molecule has 4 nitrogen and oxygen atoms in total. The Morgan fingerprint density at radius 2 is 1.21 bits per heavy atom. The summed E-state index contributed by atoms with van der Waals surface area (Å²) in [4.78, 5) is 25.4. The van der Waals surface area contributed by atoms with Gasteiger partial charge in [0.1, 0.15) is 6.04 Å². The number of hydrogen-bond acceptors (Lipinski definition) is 2. The summed E-state index contributed by atoms with van der Waals surface area (Å²) in [5.74, 6) is -0.890. The van der Waals surface area contributed by atoms with E-state index >= 15 is 0 Å². The highest BCUT2D eigenvalue weighted by molar-refractivity contribution is 6.03. The van der Waals surface area contributed by atoms with E-state index in [1.807, 2.05) is 78.9 Å². The van der Waals surface area contributed by atoms with Gasteiger partial charge in [-0.05, 0) is 56.4 Å². The molecule has 0 unspecified atom stereocenters. The summed E-state index contributed by atoms with van der Waals surface area (Å²) in [5, 5.41) is 7.13. The van der Waals surface area contributed by atoms with Crippen LogP contribution < -0.4 is 11.1 Å². The zero-order valence-corrected chi connectivity index (χ0v) is 18.6. The Balaban J connectivity index is 1.44. The van der Waals surface area contributed by atoms with Crippen LogP contribution in [0.2, 0.25) is 0 Å². The van der Waals surface area contributed by atoms with Crippen molar-refractivity contribution in [2.24, 2.45) is 5.73 Å². The Morgan fingerprint density at radius 1 is 0.676 bits per heavy atom. The lowest BCUT2D eigenvalue weighted by atomic mass is 9.92. The topological polar surface area (TPSA) is 72.2 Å². The highest BCUT2D eigenvalue weighted by atomic mass is 16.2. The summed E-state index contributed by atoms with van der Waals surface area (Å²) in [6, 6.07) is 34.7. The number of amides is 2. The number of rotatable bonds is 6. The molecule has 0 aliphatic rings. The average Bonchev–Trinajstić information content (AvgIpc) is 2.88. The van der Waals surface area contributed by atoms with E-state index < -0.39 is 11.9 Å². The summed E-state index contributed by atoms with van der Waals surface area (Å²) in [7, 11) is 0. The lowest BCUT2D eigenvalue weighted by Crippen LogP contribution is -2.45. The Morgan fingerprint density at radius 3 is 1.79 bits per heavy atom. The van der Waals surface area contributed by atoms with Gasteiger partial charge in [0.25, 0.3) is 5.91 Å². The number of nitrogens with two attached hydrogens (primary N) is 1. The molecule has 5 rings (SSSR count). The molecule has 0 aliphatic carbocycles. The molecule has 0 aromatic heterocycles. The third-order valence-electron chi connectivity index (χ3n) is 6.19. The molecule has 1 atom stereocenters. The molecule has 2 amide bonds. The van der Waals surface area contributed by atoms with E-state index in [4.69, 9.17) is 5.73 Å². The van der Waals surface area contributed by atoms with Gasteiger partial charge in [0, 0.05) is 12.0 Å². The minimum absolute atomic E-state index is 0.311. The lowest BCUT2D eigenvalue weighted by Gasteiger charge is -2.19. The van der Waals surface area contributed by atoms with E-state index in [1.54, 1.807) is 12.1 Å². The molecular formula is C30H24N2O2. The van der Waals surface area contributed by atoms with Crippen LogP contribution in [0, 0.1) is 0 Å². The van der Waals surface area contributed by atoms with E-state index in [1.165, 1.54) is 0 Å². The van der Waals surface area contributed by atoms with Gasteiger partial charge in [-0.3, -0.25) is 9.59 Å². The van der Waals surface area contributed by atoms with Crippen molar-refractivity contribution in [3.63, 3.8) is 0 Å². The maximum Gasteiger partial charge on any atom is 0.251 e. The van der Waals surface area contributed by atoms with Crippen molar-refractivity contribution in [3.8, 4) is 11.1 Å². The zero-order chi connectivity index (χ0) is 23.5. The van der Waals surface area contributed by atoms with Gasteiger partial charge < -0.3 is 11.1 Å². The van der Waals surface area contributed by atoms with E-state index in [-0.39, 0.29) is 5.91 Å². The SMILES string of the molecule is NC(=O)[C@H](Cc1c2ccccc2cc2ccccc12)NC(=O)c1ccc(-c2ccccc2)cc1. The van der Waals surface area contributed by atoms with Gasteiger partial charge in [0.05, 0.1) is 0 Å². The number of benzene rings is 5. The van der Waals surface area contributed by atoms with Crippen LogP contribution in [-0.4, -0.2) is 17.9 Å². The Hall–Kier alpha value is -4.44. The molecule has 5 aromatic carbocycles. The molecule has 0 fully saturated rings. The van der Waals surface area contributed by atoms with Crippen LogP contribution in [0.25, 0.3) is 32.7 Å². The van der Waals surface area contributed by atoms with E-state index in [2.05, 4.69) is 23.5 Å². The summed E-state index contributed by atoms with van der Waals surface area (Å²) in [6.07, 6.45) is 0.311. The third-order valence-corrected chi connectivity index (χ3v) is 6.19. The first kappa shape index (κ1) is 21.4. The first-order valence-electron chi connectivity index (χ1n) is 11.3. The zero-order valence-electron chi connectivity index (χ0n) is 18.6. The van der Waals surface area contributed by atoms with Crippen LogP contribution in [0.5, 0.6) is 0 Å². The van der Waals surface area contributed by atoms with Gasteiger partial charge in [-0.25, -0.2) is 0 Å². The molecular weight excluding hydrogens is 420 g/mol. The van der Waals surface area contributed by atoms with Crippen LogP contribution in [0.15, 0.2) is 109 Å². The highest BCUT2D eigenvalue weighted by Gasteiger charge is 2.22. The molecule has 0 radical (unpaired) electrons. The van der Waals surface area contributed by atoms with Gasteiger partial charge in [-0.15, -0.1) is 0 Å². The molecule has 0 bridgehead atoms. The normalized spacial score (nSPS) is 11.9. The molecule has 0 saturated heterocycles. The van der Waals surface area contributed by atoms with Crippen molar-refractivity contribution in [3.05, 3.63) is 120 Å². The number of nitrogens with one attached hydrogen (secondary N) is 1. The predicted octanol–water partition coefficient (Wildman–Crippen LogP) is 5.49. The van der Waals surface area contributed by atoms with Crippen molar-refractivity contribution in [2.45, 2.75) is 12.5 Å². The average molecular weight is 445 g/mol. The second kappa shape index (κ2) is 9.20. The maximum absolute atomic E-state index is 13.0. The van der Waals surface area contributed by atoms with E-state index in [0.29, 0.717) is 12.0 Å². The molecule has 166 valence electrons. The summed E-state index contributed by atoms with van der Waals surface area (Å²) < 4.78 is 0. The standard InChI is InChI=1S/C30H24N2O2/c31-29(33)28(32-30(34)22-16-14-21(15-17-22)20-8-2-1-3-9-20)19-27-25-12-6-4-10-23(25)18-24-11-5-7-13-26(24)27/h1-18,28H,19H2,(H2,31,33)(H,32,34)/t28-/m0/s1. The molecule has 0 spiro atoms. The molecule has 5 aromatic rings. The largest absolute Gasteiger partial charge is 0.368 e. The fraction of sp³-hybridized carbons (Fsp3) is 0.0667. The van der Waals surface area contributed by atoms with Crippen LogP contribution in [0.1, 0.15) is 15.9 Å². The third kappa shape index (κ3) is 4.26. The number of hydrogen-bond donors (Lipinski definition) is 2. The first-order valence-corrected chi connectivity index (χ1v) is 11.3. The van der Waals surface area contributed by atoms with Gasteiger partial charge in [-0.1, -0.05) is 91.0 Å². The van der Waals surface area contributed by atoms with E-state index in [0.717, 1.165) is 38.2 Å². The molecule has 34 heavy (non-hydrogen) atoms. The summed E-state index contributed by atoms with van der Waals surface area (Å²) in [5.41, 5.74) is 9.32. The molecule has 3 N–H and O–H groups in total. The number of primary amides is 1. The van der Waals surface area contributed by atoms with Crippen LogP contribution >= 0.6 is 0 Å². The van der Waals surface area contributed by atoms with Crippen molar-refractivity contribution in [1.29, 1.82) is 0 Å². The van der Waals surface area contributed by atoms with E-state index in [9.17, 15) is 9.59 Å². The van der Waals surface area contributed by atoms with Gasteiger partial charge in [-0.2, -0.15) is 0 Å². The number of fused-ring (bicyclic) bond motifs is 2. The van der Waals surface area contributed by atoms with Gasteiger partial charge >= 0.3 is 0 Å².